The van der Waals surface area contributed by atoms with Crippen molar-refractivity contribution in [2.75, 3.05) is 32.7 Å². The van der Waals surface area contributed by atoms with Crippen LogP contribution in [0.5, 0.6) is 0 Å². The SMILES string of the molecule is Brc1ccc2ccn(CCN3CCCN4CCCCC4C3)c2n1. The Morgan fingerprint density at radius 2 is 1.96 bits per heavy atom. The predicted octanol–water partition coefficient (Wildman–Crippen LogP) is 3.36. The zero-order valence-electron chi connectivity index (χ0n) is 13.6. The van der Waals surface area contributed by atoms with Crippen molar-refractivity contribution in [2.45, 2.75) is 38.3 Å². The molecule has 2 aromatic rings. The molecule has 0 aromatic carbocycles. The molecule has 124 valence electrons. The summed E-state index contributed by atoms with van der Waals surface area (Å²) in [4.78, 5) is 10.0. The molecule has 5 heteroatoms. The van der Waals surface area contributed by atoms with Gasteiger partial charge >= 0.3 is 0 Å². The van der Waals surface area contributed by atoms with Crippen LogP contribution in [0.2, 0.25) is 0 Å². The van der Waals surface area contributed by atoms with Crippen LogP contribution in [0.25, 0.3) is 11.0 Å². The predicted molar refractivity (Wildman–Crippen MR) is 97.7 cm³/mol. The van der Waals surface area contributed by atoms with Gasteiger partial charge in [-0.2, -0.15) is 0 Å². The molecule has 0 amide bonds. The van der Waals surface area contributed by atoms with Gasteiger partial charge in [-0.25, -0.2) is 4.98 Å². The topological polar surface area (TPSA) is 24.3 Å². The smallest absolute Gasteiger partial charge is 0.141 e. The van der Waals surface area contributed by atoms with Crippen molar-refractivity contribution in [3.63, 3.8) is 0 Å². The summed E-state index contributed by atoms with van der Waals surface area (Å²) >= 11 is 3.49. The zero-order valence-corrected chi connectivity index (χ0v) is 15.2. The summed E-state index contributed by atoms with van der Waals surface area (Å²) in [5.41, 5.74) is 1.09. The Kier molecular flexibility index (Phi) is 4.69. The highest BCUT2D eigenvalue weighted by atomic mass is 79.9. The molecule has 2 aliphatic heterocycles. The van der Waals surface area contributed by atoms with Crippen molar-refractivity contribution < 1.29 is 0 Å². The van der Waals surface area contributed by atoms with E-state index >= 15 is 0 Å². The monoisotopic (exact) mass is 376 g/mol. The largest absolute Gasteiger partial charge is 0.331 e. The number of hydrogen-bond donors (Lipinski definition) is 0. The van der Waals surface area contributed by atoms with Crippen LogP contribution < -0.4 is 0 Å². The third-order valence-electron chi connectivity index (χ3n) is 5.37. The van der Waals surface area contributed by atoms with E-state index in [1.807, 2.05) is 6.07 Å². The minimum absolute atomic E-state index is 0.792. The molecule has 1 unspecified atom stereocenters. The maximum Gasteiger partial charge on any atom is 0.141 e. The Morgan fingerprint density at radius 3 is 2.91 bits per heavy atom. The van der Waals surface area contributed by atoms with Crippen molar-refractivity contribution in [1.29, 1.82) is 0 Å². The second-order valence-corrected chi connectivity index (χ2v) is 7.71. The fraction of sp³-hybridized carbons (Fsp3) is 0.611. The molecule has 2 aromatic heterocycles. The standard InChI is InChI=1S/C18H25BrN4/c19-17-6-5-15-7-11-23(18(15)20-17)13-12-21-8-3-10-22-9-2-1-4-16(22)14-21/h5-7,11,16H,1-4,8-10,12-14H2. The minimum atomic E-state index is 0.792. The van der Waals surface area contributed by atoms with Crippen LogP contribution in [0.3, 0.4) is 0 Å². The van der Waals surface area contributed by atoms with Gasteiger partial charge in [-0.15, -0.1) is 0 Å². The maximum atomic E-state index is 4.64. The van der Waals surface area contributed by atoms with Gasteiger partial charge in [-0.3, -0.25) is 9.80 Å². The van der Waals surface area contributed by atoms with Gasteiger partial charge in [0.25, 0.3) is 0 Å². The van der Waals surface area contributed by atoms with E-state index in [0.29, 0.717) is 0 Å². The summed E-state index contributed by atoms with van der Waals surface area (Å²) in [5.74, 6) is 0. The fourth-order valence-electron chi connectivity index (χ4n) is 4.12. The first kappa shape index (κ1) is 15.6. The summed E-state index contributed by atoms with van der Waals surface area (Å²) in [6, 6.07) is 7.11. The number of rotatable bonds is 3. The maximum absolute atomic E-state index is 4.64. The molecular weight excluding hydrogens is 352 g/mol. The van der Waals surface area contributed by atoms with Gasteiger partial charge in [0.1, 0.15) is 10.3 Å². The van der Waals surface area contributed by atoms with E-state index < -0.39 is 0 Å². The Balaban J connectivity index is 1.42. The molecule has 0 N–H and O–H groups in total. The van der Waals surface area contributed by atoms with E-state index in [9.17, 15) is 0 Å². The van der Waals surface area contributed by atoms with Crippen LogP contribution in [0, 0.1) is 0 Å². The van der Waals surface area contributed by atoms with E-state index in [4.69, 9.17) is 0 Å². The molecule has 0 saturated carbocycles. The Morgan fingerprint density at radius 1 is 1.04 bits per heavy atom. The van der Waals surface area contributed by atoms with Crippen molar-refractivity contribution in [3.05, 3.63) is 29.0 Å². The number of halogens is 1. The number of fused-ring (bicyclic) bond motifs is 2. The molecule has 23 heavy (non-hydrogen) atoms. The first-order valence-corrected chi connectivity index (χ1v) is 9.67. The lowest BCUT2D eigenvalue weighted by Crippen LogP contribution is -2.44. The van der Waals surface area contributed by atoms with E-state index in [-0.39, 0.29) is 0 Å². The van der Waals surface area contributed by atoms with Gasteiger partial charge in [0.05, 0.1) is 0 Å². The summed E-state index contributed by atoms with van der Waals surface area (Å²) in [6.45, 7) is 7.25. The van der Waals surface area contributed by atoms with E-state index in [1.54, 1.807) is 0 Å². The van der Waals surface area contributed by atoms with Crippen LogP contribution >= 0.6 is 15.9 Å². The second kappa shape index (κ2) is 6.91. The highest BCUT2D eigenvalue weighted by molar-refractivity contribution is 9.10. The molecule has 2 fully saturated rings. The van der Waals surface area contributed by atoms with Crippen LogP contribution in [-0.2, 0) is 6.54 Å². The molecule has 4 rings (SSSR count). The van der Waals surface area contributed by atoms with Gasteiger partial charge in [0.15, 0.2) is 0 Å². The van der Waals surface area contributed by atoms with E-state index in [1.165, 1.54) is 57.2 Å². The first-order chi connectivity index (χ1) is 11.3. The third kappa shape index (κ3) is 3.47. The van der Waals surface area contributed by atoms with E-state index in [2.05, 4.69) is 53.6 Å². The van der Waals surface area contributed by atoms with Crippen molar-refractivity contribution in [1.82, 2.24) is 19.4 Å². The lowest BCUT2D eigenvalue weighted by Gasteiger charge is -2.35. The molecule has 4 nitrogen and oxygen atoms in total. The number of nitrogens with zero attached hydrogens (tertiary/aromatic N) is 4. The van der Waals surface area contributed by atoms with Crippen LogP contribution in [0.4, 0.5) is 0 Å². The molecule has 0 aliphatic carbocycles. The average Bonchev–Trinajstić information content (AvgIpc) is 2.83. The van der Waals surface area contributed by atoms with Gasteiger partial charge in [-0.05, 0) is 73.0 Å². The average molecular weight is 377 g/mol. The van der Waals surface area contributed by atoms with Gasteiger partial charge in [-0.1, -0.05) is 6.42 Å². The fourth-order valence-corrected chi connectivity index (χ4v) is 4.42. The molecule has 1 atom stereocenters. The lowest BCUT2D eigenvalue weighted by molar-refractivity contribution is 0.136. The Labute approximate surface area is 146 Å². The van der Waals surface area contributed by atoms with Crippen molar-refractivity contribution in [3.8, 4) is 0 Å². The summed E-state index contributed by atoms with van der Waals surface area (Å²) in [7, 11) is 0. The molecule has 0 spiro atoms. The van der Waals surface area contributed by atoms with Gasteiger partial charge < -0.3 is 4.57 Å². The van der Waals surface area contributed by atoms with Gasteiger partial charge in [0, 0.05) is 37.3 Å². The second-order valence-electron chi connectivity index (χ2n) is 6.90. The van der Waals surface area contributed by atoms with E-state index in [0.717, 1.165) is 29.4 Å². The summed E-state index contributed by atoms with van der Waals surface area (Å²) < 4.78 is 3.21. The number of hydrogen-bond acceptors (Lipinski definition) is 3. The molecule has 2 saturated heterocycles. The first-order valence-electron chi connectivity index (χ1n) is 8.87. The molecule has 4 heterocycles. The number of aromatic nitrogens is 2. The normalized spacial score (nSPS) is 23.8. The zero-order chi connectivity index (χ0) is 15.6. The highest BCUT2D eigenvalue weighted by Crippen LogP contribution is 2.21. The van der Waals surface area contributed by atoms with Crippen LogP contribution in [-0.4, -0.2) is 58.1 Å². The molecule has 0 bridgehead atoms. The minimum Gasteiger partial charge on any atom is -0.331 e. The summed E-state index contributed by atoms with van der Waals surface area (Å²) in [5, 5.41) is 1.22. The Bertz CT molecular complexity index is 668. The highest BCUT2D eigenvalue weighted by Gasteiger charge is 2.26. The quantitative estimate of drug-likeness (QED) is 0.767. The van der Waals surface area contributed by atoms with Crippen LogP contribution in [0.1, 0.15) is 25.7 Å². The van der Waals surface area contributed by atoms with Crippen LogP contribution in [0.15, 0.2) is 29.0 Å². The Hall–Kier alpha value is -0.910. The van der Waals surface area contributed by atoms with Gasteiger partial charge in [0.2, 0.25) is 0 Å². The number of pyridine rings is 1. The molecule has 2 aliphatic rings. The molecule has 0 radical (unpaired) electrons. The molecular formula is C18H25BrN4. The summed E-state index contributed by atoms with van der Waals surface area (Å²) in [6.07, 6.45) is 7.68. The third-order valence-corrected chi connectivity index (χ3v) is 5.81. The number of piperidine rings is 1. The van der Waals surface area contributed by atoms with Crippen molar-refractivity contribution in [2.24, 2.45) is 0 Å². The lowest BCUT2D eigenvalue weighted by atomic mass is 10.0. The van der Waals surface area contributed by atoms with Crippen molar-refractivity contribution >= 4 is 27.0 Å².